The van der Waals surface area contributed by atoms with E-state index < -0.39 is 0 Å². The maximum Gasteiger partial charge on any atom is 0.255 e. The van der Waals surface area contributed by atoms with Crippen LogP contribution in [-0.2, 0) is 0 Å². The number of hydrogen-bond donors (Lipinski definition) is 2. The van der Waals surface area contributed by atoms with E-state index in [1.54, 1.807) is 30.3 Å². The van der Waals surface area contributed by atoms with Crippen LogP contribution in [0.3, 0.4) is 0 Å². The summed E-state index contributed by atoms with van der Waals surface area (Å²) in [6.45, 7) is 3.91. The average molecular weight is 488 g/mol. The van der Waals surface area contributed by atoms with Gasteiger partial charge in [-0.2, -0.15) is 5.10 Å². The van der Waals surface area contributed by atoms with E-state index in [-0.39, 0.29) is 17.9 Å². The Labute approximate surface area is 187 Å². The molecule has 30 heavy (non-hydrogen) atoms. The molecule has 0 spiro atoms. The summed E-state index contributed by atoms with van der Waals surface area (Å²) < 4.78 is 2.79. The summed E-state index contributed by atoms with van der Waals surface area (Å²) in [7, 11) is 0. The summed E-state index contributed by atoms with van der Waals surface area (Å²) in [5, 5.41) is 10.5. The lowest BCUT2D eigenvalue weighted by atomic mass is 10.1. The fourth-order valence-corrected chi connectivity index (χ4v) is 3.61. The standard InChI is InChI=1S/C22H20BrClN4O2/c1-12-20(23)13(2)28(27-12)17-8-3-14(4-9-17)21(29)26-16-7-10-18(19(24)11-16)22(30)25-15-5-6-15/h3-4,7-11,15H,5-6H2,1-2H3,(H,25,30)(H,26,29). The van der Waals surface area contributed by atoms with Gasteiger partial charge in [-0.25, -0.2) is 4.68 Å². The van der Waals surface area contributed by atoms with E-state index in [9.17, 15) is 9.59 Å². The normalized spacial score (nSPS) is 13.2. The molecule has 1 aliphatic carbocycles. The summed E-state index contributed by atoms with van der Waals surface area (Å²) in [4.78, 5) is 24.8. The largest absolute Gasteiger partial charge is 0.349 e. The topological polar surface area (TPSA) is 76.0 Å². The summed E-state index contributed by atoms with van der Waals surface area (Å²) in [6, 6.07) is 12.3. The van der Waals surface area contributed by atoms with E-state index >= 15 is 0 Å². The fraction of sp³-hybridized carbons (Fsp3) is 0.227. The van der Waals surface area contributed by atoms with Crippen LogP contribution in [0.15, 0.2) is 46.9 Å². The molecule has 1 aliphatic rings. The summed E-state index contributed by atoms with van der Waals surface area (Å²) in [5.74, 6) is -0.450. The minimum atomic E-state index is -0.262. The maximum atomic E-state index is 12.6. The van der Waals surface area contributed by atoms with Crippen LogP contribution in [0.2, 0.25) is 5.02 Å². The van der Waals surface area contributed by atoms with Crippen molar-refractivity contribution >= 4 is 45.0 Å². The molecular formula is C22H20BrClN4O2. The zero-order chi connectivity index (χ0) is 21.4. The molecule has 0 radical (unpaired) electrons. The van der Waals surface area contributed by atoms with Crippen LogP contribution in [0, 0.1) is 13.8 Å². The van der Waals surface area contributed by atoms with Crippen molar-refractivity contribution in [1.82, 2.24) is 15.1 Å². The second kappa shape index (κ2) is 8.24. The van der Waals surface area contributed by atoms with Crippen LogP contribution in [-0.4, -0.2) is 27.6 Å². The van der Waals surface area contributed by atoms with Gasteiger partial charge >= 0.3 is 0 Å². The number of anilines is 1. The first-order valence-electron chi connectivity index (χ1n) is 9.57. The second-order valence-electron chi connectivity index (χ2n) is 7.34. The van der Waals surface area contributed by atoms with Crippen molar-refractivity contribution in [2.75, 3.05) is 5.32 Å². The third kappa shape index (κ3) is 4.27. The minimum absolute atomic E-state index is 0.188. The molecule has 8 heteroatoms. The van der Waals surface area contributed by atoms with E-state index in [1.165, 1.54) is 0 Å². The number of nitrogens with one attached hydrogen (secondary N) is 2. The summed E-state index contributed by atoms with van der Waals surface area (Å²) >= 11 is 9.77. The van der Waals surface area contributed by atoms with Crippen molar-refractivity contribution in [2.24, 2.45) is 0 Å². The number of aromatic nitrogens is 2. The van der Waals surface area contributed by atoms with E-state index in [1.807, 2.05) is 30.7 Å². The van der Waals surface area contributed by atoms with Crippen molar-refractivity contribution in [3.63, 3.8) is 0 Å². The molecule has 2 N–H and O–H groups in total. The van der Waals surface area contributed by atoms with Crippen LogP contribution < -0.4 is 10.6 Å². The highest BCUT2D eigenvalue weighted by molar-refractivity contribution is 9.10. The number of halogens is 2. The molecule has 0 unspecified atom stereocenters. The molecule has 2 amide bonds. The number of nitrogens with zero attached hydrogens (tertiary/aromatic N) is 2. The van der Waals surface area contributed by atoms with Crippen molar-refractivity contribution in [1.29, 1.82) is 0 Å². The van der Waals surface area contributed by atoms with Crippen molar-refractivity contribution in [2.45, 2.75) is 32.7 Å². The Balaban J connectivity index is 1.46. The Hall–Kier alpha value is -2.64. The maximum absolute atomic E-state index is 12.6. The third-order valence-corrected chi connectivity index (χ3v) is 6.42. The van der Waals surface area contributed by atoms with Gasteiger partial charge in [-0.3, -0.25) is 9.59 Å². The van der Waals surface area contributed by atoms with Crippen LogP contribution >= 0.6 is 27.5 Å². The highest BCUT2D eigenvalue weighted by Gasteiger charge is 2.24. The number of carbonyl (C=O) groups excluding carboxylic acids is 2. The number of hydrogen-bond acceptors (Lipinski definition) is 3. The molecule has 0 aliphatic heterocycles. The van der Waals surface area contributed by atoms with Crippen molar-refractivity contribution < 1.29 is 9.59 Å². The van der Waals surface area contributed by atoms with Gasteiger partial charge in [0.2, 0.25) is 0 Å². The Morgan fingerprint density at radius 1 is 1.10 bits per heavy atom. The number of benzene rings is 2. The predicted octanol–water partition coefficient (Wildman–Crippen LogP) is 5.05. The first-order valence-corrected chi connectivity index (χ1v) is 10.7. The van der Waals surface area contributed by atoms with Crippen LogP contribution in [0.5, 0.6) is 0 Å². The first kappa shape index (κ1) is 20.6. The molecule has 4 rings (SSSR count). The van der Waals surface area contributed by atoms with Crippen molar-refractivity contribution in [3.8, 4) is 5.69 Å². The van der Waals surface area contributed by atoms with Gasteiger partial charge in [0, 0.05) is 17.3 Å². The number of rotatable bonds is 5. The molecule has 0 saturated heterocycles. The number of carbonyl (C=O) groups is 2. The van der Waals surface area contributed by atoms with Gasteiger partial charge in [0.25, 0.3) is 11.8 Å². The average Bonchev–Trinajstić information content (AvgIpc) is 3.50. The Morgan fingerprint density at radius 3 is 2.37 bits per heavy atom. The third-order valence-electron chi connectivity index (χ3n) is 4.96. The monoisotopic (exact) mass is 486 g/mol. The quantitative estimate of drug-likeness (QED) is 0.529. The number of amides is 2. The molecule has 0 bridgehead atoms. The van der Waals surface area contributed by atoms with Gasteiger partial charge in [-0.15, -0.1) is 0 Å². The Bertz CT molecular complexity index is 1140. The molecule has 0 atom stereocenters. The van der Waals surface area contributed by atoms with E-state index in [0.29, 0.717) is 21.8 Å². The lowest BCUT2D eigenvalue weighted by Gasteiger charge is -2.10. The molecule has 1 saturated carbocycles. The zero-order valence-electron chi connectivity index (χ0n) is 16.5. The van der Waals surface area contributed by atoms with E-state index in [4.69, 9.17) is 11.6 Å². The molecule has 2 aromatic carbocycles. The smallest absolute Gasteiger partial charge is 0.255 e. The molecule has 1 heterocycles. The molecule has 154 valence electrons. The number of aryl methyl sites for hydroxylation is 1. The molecule has 3 aromatic rings. The molecule has 1 fully saturated rings. The highest BCUT2D eigenvalue weighted by atomic mass is 79.9. The molecule has 1 aromatic heterocycles. The van der Waals surface area contributed by atoms with Crippen LogP contribution in [0.25, 0.3) is 5.69 Å². The van der Waals surface area contributed by atoms with Gasteiger partial charge in [0.1, 0.15) is 0 Å². The van der Waals surface area contributed by atoms with Crippen molar-refractivity contribution in [3.05, 3.63) is 74.5 Å². The first-order chi connectivity index (χ1) is 14.3. The SMILES string of the molecule is Cc1nn(-c2ccc(C(=O)Nc3ccc(C(=O)NC4CC4)c(Cl)c3)cc2)c(C)c1Br. The van der Waals surface area contributed by atoms with Crippen LogP contribution in [0.1, 0.15) is 44.9 Å². The lowest BCUT2D eigenvalue weighted by molar-refractivity contribution is 0.0950. The predicted molar refractivity (Wildman–Crippen MR) is 121 cm³/mol. The van der Waals surface area contributed by atoms with E-state index in [0.717, 1.165) is 34.4 Å². The molecule has 6 nitrogen and oxygen atoms in total. The second-order valence-corrected chi connectivity index (χ2v) is 8.54. The summed E-state index contributed by atoms with van der Waals surface area (Å²) in [6.07, 6.45) is 2.01. The lowest BCUT2D eigenvalue weighted by Crippen LogP contribution is -2.25. The Kier molecular flexibility index (Phi) is 5.66. The van der Waals surface area contributed by atoms with Gasteiger partial charge in [-0.1, -0.05) is 11.6 Å². The van der Waals surface area contributed by atoms with Gasteiger partial charge in [0.05, 0.1) is 32.1 Å². The van der Waals surface area contributed by atoms with Gasteiger partial charge in [0.15, 0.2) is 0 Å². The van der Waals surface area contributed by atoms with E-state index in [2.05, 4.69) is 31.7 Å². The molecular weight excluding hydrogens is 468 g/mol. The van der Waals surface area contributed by atoms with Gasteiger partial charge in [-0.05, 0) is 85.1 Å². The van der Waals surface area contributed by atoms with Crippen LogP contribution in [0.4, 0.5) is 5.69 Å². The Morgan fingerprint density at radius 2 is 1.80 bits per heavy atom. The van der Waals surface area contributed by atoms with Gasteiger partial charge < -0.3 is 10.6 Å². The summed E-state index contributed by atoms with van der Waals surface area (Å²) in [5.41, 5.74) is 4.20. The zero-order valence-corrected chi connectivity index (χ0v) is 18.8. The highest BCUT2D eigenvalue weighted by Crippen LogP contribution is 2.25. The fourth-order valence-electron chi connectivity index (χ4n) is 3.10. The minimum Gasteiger partial charge on any atom is -0.349 e.